The van der Waals surface area contributed by atoms with Crippen LogP contribution in [0.5, 0.6) is 0 Å². The number of unbranched alkanes of at least 4 members (excludes halogenated alkanes) is 1. The summed E-state index contributed by atoms with van der Waals surface area (Å²) in [6.07, 6.45) is 6.94. The van der Waals surface area contributed by atoms with Crippen molar-refractivity contribution in [3.8, 4) is 0 Å². The number of fused-ring (bicyclic) bond motifs is 1. The van der Waals surface area contributed by atoms with Crippen molar-refractivity contribution >= 4 is 23.5 Å². The molecule has 1 saturated heterocycles. The minimum atomic E-state index is 0.0486. The van der Waals surface area contributed by atoms with Gasteiger partial charge in [0.25, 0.3) is 0 Å². The van der Waals surface area contributed by atoms with Gasteiger partial charge >= 0.3 is 0 Å². The molecule has 2 aliphatic rings. The molecular weight excluding hydrogens is 306 g/mol. The van der Waals surface area contributed by atoms with E-state index in [2.05, 4.69) is 22.2 Å². The van der Waals surface area contributed by atoms with E-state index >= 15 is 0 Å². The Bertz CT molecular complexity index is 587. The fourth-order valence-corrected chi connectivity index (χ4v) is 3.24. The Balaban J connectivity index is 1.69. The SMILES string of the molecule is CCCCNc1nc(N)c2c(n1)N(CCC1CCCCO1)C(=O)C2. The molecule has 24 heavy (non-hydrogen) atoms. The molecule has 132 valence electrons. The number of rotatable bonds is 7. The van der Waals surface area contributed by atoms with Crippen LogP contribution in [0.1, 0.15) is 51.0 Å². The van der Waals surface area contributed by atoms with Crippen molar-refractivity contribution in [3.05, 3.63) is 5.56 Å². The molecule has 2 aliphatic heterocycles. The normalized spacial score (nSPS) is 20.3. The molecule has 3 N–H and O–H groups in total. The number of carbonyl (C=O) groups excluding carboxylic acids is 1. The first-order valence-corrected chi connectivity index (χ1v) is 9.01. The van der Waals surface area contributed by atoms with Gasteiger partial charge in [-0.3, -0.25) is 9.69 Å². The van der Waals surface area contributed by atoms with Crippen LogP contribution in [0.3, 0.4) is 0 Å². The first-order chi connectivity index (χ1) is 11.7. The zero-order chi connectivity index (χ0) is 16.9. The van der Waals surface area contributed by atoms with Gasteiger partial charge in [-0.1, -0.05) is 13.3 Å². The molecule has 0 spiro atoms. The Hall–Kier alpha value is -1.89. The topological polar surface area (TPSA) is 93.4 Å². The summed E-state index contributed by atoms with van der Waals surface area (Å²) in [6, 6.07) is 0. The lowest BCUT2D eigenvalue weighted by Crippen LogP contribution is -2.32. The van der Waals surface area contributed by atoms with Crippen molar-refractivity contribution in [2.45, 2.75) is 58.0 Å². The molecule has 0 aliphatic carbocycles. The summed E-state index contributed by atoms with van der Waals surface area (Å²) in [6.45, 7) is 4.39. The zero-order valence-electron chi connectivity index (χ0n) is 14.4. The van der Waals surface area contributed by atoms with Crippen molar-refractivity contribution < 1.29 is 9.53 Å². The zero-order valence-corrected chi connectivity index (χ0v) is 14.4. The number of ether oxygens (including phenoxy) is 1. The van der Waals surface area contributed by atoms with Crippen LogP contribution >= 0.6 is 0 Å². The summed E-state index contributed by atoms with van der Waals surface area (Å²) in [7, 11) is 0. The maximum atomic E-state index is 12.4. The van der Waals surface area contributed by atoms with E-state index in [1.54, 1.807) is 4.90 Å². The molecule has 1 fully saturated rings. The molecule has 1 unspecified atom stereocenters. The second-order valence-corrected chi connectivity index (χ2v) is 6.51. The van der Waals surface area contributed by atoms with Crippen molar-refractivity contribution in [1.29, 1.82) is 0 Å². The molecular formula is C17H27N5O2. The van der Waals surface area contributed by atoms with Crippen LogP contribution in [0.4, 0.5) is 17.6 Å². The highest BCUT2D eigenvalue weighted by Crippen LogP contribution is 2.32. The predicted molar refractivity (Wildman–Crippen MR) is 94.1 cm³/mol. The first-order valence-electron chi connectivity index (χ1n) is 9.01. The number of nitrogens with two attached hydrogens (primary N) is 1. The number of nitrogens with one attached hydrogen (secondary N) is 1. The van der Waals surface area contributed by atoms with Crippen molar-refractivity contribution in [2.75, 3.05) is 35.6 Å². The Morgan fingerprint density at radius 3 is 3.00 bits per heavy atom. The van der Waals surface area contributed by atoms with E-state index in [0.29, 0.717) is 30.5 Å². The molecule has 1 aromatic rings. The van der Waals surface area contributed by atoms with Crippen molar-refractivity contribution in [3.63, 3.8) is 0 Å². The smallest absolute Gasteiger partial charge is 0.232 e. The summed E-state index contributed by atoms with van der Waals surface area (Å²) in [5, 5.41) is 3.19. The molecule has 7 nitrogen and oxygen atoms in total. The summed E-state index contributed by atoms with van der Waals surface area (Å²) >= 11 is 0. The number of nitrogen functional groups attached to an aromatic ring is 1. The van der Waals surface area contributed by atoms with Crippen LogP contribution in [0.25, 0.3) is 0 Å². The number of hydrogen-bond donors (Lipinski definition) is 2. The van der Waals surface area contributed by atoms with Gasteiger partial charge in [-0.2, -0.15) is 9.97 Å². The Morgan fingerprint density at radius 2 is 2.25 bits per heavy atom. The predicted octanol–water partition coefficient (Wildman–Crippen LogP) is 2.12. The lowest BCUT2D eigenvalue weighted by molar-refractivity contribution is -0.117. The van der Waals surface area contributed by atoms with Gasteiger partial charge in [0.1, 0.15) is 11.6 Å². The summed E-state index contributed by atoms with van der Waals surface area (Å²) in [5.74, 6) is 1.63. The highest BCUT2D eigenvalue weighted by molar-refractivity contribution is 6.01. The second kappa shape index (κ2) is 7.79. The van der Waals surface area contributed by atoms with Crippen LogP contribution in [0, 0.1) is 0 Å². The third-order valence-electron chi connectivity index (χ3n) is 4.66. The molecule has 3 heterocycles. The van der Waals surface area contributed by atoms with Gasteiger partial charge in [-0.15, -0.1) is 0 Å². The number of amides is 1. The van der Waals surface area contributed by atoms with E-state index in [0.717, 1.165) is 50.8 Å². The van der Waals surface area contributed by atoms with Gasteiger partial charge < -0.3 is 15.8 Å². The average molecular weight is 333 g/mol. The standard InChI is InChI=1S/C17H27N5O2/c1-2-3-8-19-17-20-15(18)13-11-14(23)22(16(13)21-17)9-7-12-6-4-5-10-24-12/h12H,2-11H2,1H3,(H3,18,19,20,21). The fourth-order valence-electron chi connectivity index (χ4n) is 3.24. The fraction of sp³-hybridized carbons (Fsp3) is 0.706. The van der Waals surface area contributed by atoms with Crippen LogP contribution in [-0.2, 0) is 16.0 Å². The van der Waals surface area contributed by atoms with E-state index in [9.17, 15) is 4.79 Å². The lowest BCUT2D eigenvalue weighted by Gasteiger charge is -2.25. The van der Waals surface area contributed by atoms with Gasteiger partial charge in [0.2, 0.25) is 11.9 Å². The Morgan fingerprint density at radius 1 is 1.38 bits per heavy atom. The van der Waals surface area contributed by atoms with Gasteiger partial charge in [-0.05, 0) is 32.1 Å². The number of anilines is 3. The summed E-state index contributed by atoms with van der Waals surface area (Å²) in [4.78, 5) is 22.9. The largest absolute Gasteiger partial charge is 0.383 e. The van der Waals surface area contributed by atoms with Gasteiger partial charge in [-0.25, -0.2) is 0 Å². The van der Waals surface area contributed by atoms with E-state index in [1.165, 1.54) is 6.42 Å². The van der Waals surface area contributed by atoms with Crippen LogP contribution in [0.15, 0.2) is 0 Å². The number of hydrogen-bond acceptors (Lipinski definition) is 6. The molecule has 3 rings (SSSR count). The van der Waals surface area contributed by atoms with Crippen LogP contribution < -0.4 is 16.0 Å². The molecule has 0 bridgehead atoms. The monoisotopic (exact) mass is 333 g/mol. The van der Waals surface area contributed by atoms with E-state index in [-0.39, 0.29) is 12.0 Å². The second-order valence-electron chi connectivity index (χ2n) is 6.51. The molecule has 1 amide bonds. The summed E-state index contributed by atoms with van der Waals surface area (Å²) in [5.41, 5.74) is 6.80. The van der Waals surface area contributed by atoms with Crippen molar-refractivity contribution in [1.82, 2.24) is 9.97 Å². The van der Waals surface area contributed by atoms with Gasteiger partial charge in [0.15, 0.2) is 0 Å². The summed E-state index contributed by atoms with van der Waals surface area (Å²) < 4.78 is 5.77. The Kier molecular flexibility index (Phi) is 5.50. The molecule has 1 atom stereocenters. The molecule has 0 aromatic carbocycles. The molecule has 0 saturated carbocycles. The van der Waals surface area contributed by atoms with Crippen molar-refractivity contribution in [2.24, 2.45) is 0 Å². The molecule has 1 aromatic heterocycles. The lowest BCUT2D eigenvalue weighted by atomic mass is 10.1. The highest BCUT2D eigenvalue weighted by atomic mass is 16.5. The molecule has 0 radical (unpaired) electrons. The number of nitrogens with zero attached hydrogens (tertiary/aromatic N) is 3. The maximum absolute atomic E-state index is 12.4. The van der Waals surface area contributed by atoms with E-state index < -0.39 is 0 Å². The van der Waals surface area contributed by atoms with Crippen LogP contribution in [0.2, 0.25) is 0 Å². The number of carbonyl (C=O) groups is 1. The minimum absolute atomic E-state index is 0.0486. The number of aromatic nitrogens is 2. The third-order valence-corrected chi connectivity index (χ3v) is 4.66. The first kappa shape index (κ1) is 17.0. The van der Waals surface area contributed by atoms with Gasteiger partial charge in [0, 0.05) is 25.3 Å². The van der Waals surface area contributed by atoms with E-state index in [4.69, 9.17) is 10.5 Å². The van der Waals surface area contributed by atoms with E-state index in [1.807, 2.05) is 0 Å². The maximum Gasteiger partial charge on any atom is 0.232 e. The van der Waals surface area contributed by atoms with Crippen LogP contribution in [-0.4, -0.2) is 41.7 Å². The quantitative estimate of drug-likeness (QED) is 0.742. The third kappa shape index (κ3) is 3.77. The Labute approximate surface area is 143 Å². The molecule has 7 heteroatoms. The minimum Gasteiger partial charge on any atom is -0.383 e. The highest BCUT2D eigenvalue weighted by Gasteiger charge is 2.32. The van der Waals surface area contributed by atoms with Gasteiger partial charge in [0.05, 0.1) is 12.5 Å². The average Bonchev–Trinajstić information content (AvgIpc) is 2.90.